The lowest BCUT2D eigenvalue weighted by atomic mass is 10.1. The lowest BCUT2D eigenvalue weighted by molar-refractivity contribution is 0.0701. The summed E-state index contributed by atoms with van der Waals surface area (Å²) in [6, 6.07) is 7.98. The van der Waals surface area contributed by atoms with Crippen molar-refractivity contribution in [3.05, 3.63) is 40.5 Å². The third kappa shape index (κ3) is 2.16. The SMILES string of the molecule is CCn1cc(C#N)c2cc(-c3nc(C)c(C(=O)O)s3)ccc21. The number of hydrogen-bond donors (Lipinski definition) is 1. The van der Waals surface area contributed by atoms with Gasteiger partial charge in [0.25, 0.3) is 0 Å². The van der Waals surface area contributed by atoms with E-state index < -0.39 is 5.97 Å². The summed E-state index contributed by atoms with van der Waals surface area (Å²) in [5.74, 6) is -0.961. The number of fused-ring (bicyclic) bond motifs is 1. The Morgan fingerprint density at radius 1 is 1.50 bits per heavy atom. The summed E-state index contributed by atoms with van der Waals surface area (Å²) < 4.78 is 2.02. The number of thiazole rings is 1. The number of hydrogen-bond acceptors (Lipinski definition) is 4. The molecular weight excluding hydrogens is 298 g/mol. The Bertz CT molecular complexity index is 931. The number of nitrogens with zero attached hydrogens (tertiary/aromatic N) is 3. The average molecular weight is 311 g/mol. The second kappa shape index (κ2) is 5.28. The number of aromatic carboxylic acids is 1. The Labute approximate surface area is 131 Å². The van der Waals surface area contributed by atoms with Crippen LogP contribution in [0.5, 0.6) is 0 Å². The predicted molar refractivity (Wildman–Crippen MR) is 85.1 cm³/mol. The van der Waals surface area contributed by atoms with Gasteiger partial charge in [0.2, 0.25) is 0 Å². The summed E-state index contributed by atoms with van der Waals surface area (Å²) in [5.41, 5.74) is 2.96. The zero-order chi connectivity index (χ0) is 15.9. The molecule has 0 saturated heterocycles. The number of aromatic nitrogens is 2. The summed E-state index contributed by atoms with van der Waals surface area (Å²) in [4.78, 5) is 15.7. The summed E-state index contributed by atoms with van der Waals surface area (Å²) in [7, 11) is 0. The quantitative estimate of drug-likeness (QED) is 0.800. The van der Waals surface area contributed by atoms with E-state index in [-0.39, 0.29) is 4.88 Å². The number of carboxylic acids is 1. The molecule has 22 heavy (non-hydrogen) atoms. The van der Waals surface area contributed by atoms with Crippen LogP contribution in [-0.2, 0) is 6.54 Å². The number of nitriles is 1. The van der Waals surface area contributed by atoms with Crippen LogP contribution in [0.3, 0.4) is 0 Å². The van der Waals surface area contributed by atoms with Gasteiger partial charge < -0.3 is 9.67 Å². The molecule has 0 atom stereocenters. The maximum Gasteiger partial charge on any atom is 0.347 e. The van der Waals surface area contributed by atoms with E-state index >= 15 is 0 Å². The summed E-state index contributed by atoms with van der Waals surface area (Å²) in [5, 5.41) is 19.9. The maximum absolute atomic E-state index is 11.1. The fourth-order valence-corrected chi connectivity index (χ4v) is 3.40. The average Bonchev–Trinajstić information content (AvgIpc) is 3.07. The van der Waals surface area contributed by atoms with Crippen LogP contribution in [0.25, 0.3) is 21.5 Å². The first-order valence-corrected chi connectivity index (χ1v) is 7.61. The molecule has 0 amide bonds. The maximum atomic E-state index is 11.1. The van der Waals surface area contributed by atoms with E-state index in [1.807, 2.05) is 35.9 Å². The zero-order valence-electron chi connectivity index (χ0n) is 12.1. The third-order valence-corrected chi connectivity index (χ3v) is 4.77. The normalized spacial score (nSPS) is 10.8. The van der Waals surface area contributed by atoms with Crippen molar-refractivity contribution in [2.75, 3.05) is 0 Å². The van der Waals surface area contributed by atoms with Crippen molar-refractivity contribution < 1.29 is 9.90 Å². The fourth-order valence-electron chi connectivity index (χ4n) is 2.50. The van der Waals surface area contributed by atoms with Gasteiger partial charge in [-0.15, -0.1) is 11.3 Å². The largest absolute Gasteiger partial charge is 0.477 e. The molecule has 0 bridgehead atoms. The molecule has 2 aromatic heterocycles. The number of rotatable bonds is 3. The van der Waals surface area contributed by atoms with Crippen LogP contribution in [0.1, 0.15) is 27.9 Å². The molecule has 110 valence electrons. The lowest BCUT2D eigenvalue weighted by Crippen LogP contribution is -1.94. The van der Waals surface area contributed by atoms with Crippen molar-refractivity contribution in [1.29, 1.82) is 5.26 Å². The number of benzene rings is 1. The Hall–Kier alpha value is -2.65. The fraction of sp³-hybridized carbons (Fsp3) is 0.188. The van der Waals surface area contributed by atoms with E-state index in [1.54, 1.807) is 6.92 Å². The number of aryl methyl sites for hydroxylation is 2. The van der Waals surface area contributed by atoms with Gasteiger partial charge in [-0.2, -0.15) is 5.26 Å². The van der Waals surface area contributed by atoms with Crippen LogP contribution < -0.4 is 0 Å². The molecule has 0 saturated carbocycles. The van der Waals surface area contributed by atoms with Gasteiger partial charge in [0, 0.05) is 29.2 Å². The molecule has 1 N–H and O–H groups in total. The van der Waals surface area contributed by atoms with Gasteiger partial charge in [-0.3, -0.25) is 0 Å². The molecule has 0 aliphatic heterocycles. The van der Waals surface area contributed by atoms with Gasteiger partial charge in [0.1, 0.15) is 16.0 Å². The molecule has 0 unspecified atom stereocenters. The molecule has 5 nitrogen and oxygen atoms in total. The Kier molecular flexibility index (Phi) is 3.43. The highest BCUT2D eigenvalue weighted by Crippen LogP contribution is 2.31. The Morgan fingerprint density at radius 2 is 2.27 bits per heavy atom. The first kappa shape index (κ1) is 14.3. The van der Waals surface area contributed by atoms with E-state index in [0.717, 1.165) is 34.3 Å². The molecule has 1 aromatic carbocycles. The van der Waals surface area contributed by atoms with Gasteiger partial charge in [-0.25, -0.2) is 9.78 Å². The number of carbonyl (C=O) groups is 1. The van der Waals surface area contributed by atoms with Crippen LogP contribution in [0, 0.1) is 18.3 Å². The summed E-state index contributed by atoms with van der Waals surface area (Å²) >= 11 is 1.15. The molecule has 0 radical (unpaired) electrons. The van der Waals surface area contributed by atoms with E-state index in [4.69, 9.17) is 5.11 Å². The number of carboxylic acid groups (broad SMARTS) is 1. The van der Waals surface area contributed by atoms with E-state index in [9.17, 15) is 10.1 Å². The Balaban J connectivity index is 2.19. The van der Waals surface area contributed by atoms with Gasteiger partial charge in [0.15, 0.2) is 0 Å². The highest BCUT2D eigenvalue weighted by Gasteiger charge is 2.16. The van der Waals surface area contributed by atoms with Crippen LogP contribution >= 0.6 is 11.3 Å². The predicted octanol–water partition coefficient (Wildman–Crippen LogP) is 3.66. The zero-order valence-corrected chi connectivity index (χ0v) is 12.9. The van der Waals surface area contributed by atoms with Crippen molar-refractivity contribution >= 4 is 28.2 Å². The monoisotopic (exact) mass is 311 g/mol. The third-order valence-electron chi connectivity index (χ3n) is 3.58. The van der Waals surface area contributed by atoms with Crippen LogP contribution in [0.2, 0.25) is 0 Å². The molecule has 0 aliphatic rings. The van der Waals surface area contributed by atoms with Crippen molar-refractivity contribution in [1.82, 2.24) is 9.55 Å². The second-order valence-electron chi connectivity index (χ2n) is 4.91. The van der Waals surface area contributed by atoms with E-state index in [2.05, 4.69) is 11.1 Å². The molecule has 0 fully saturated rings. The first-order valence-electron chi connectivity index (χ1n) is 6.79. The highest BCUT2D eigenvalue weighted by atomic mass is 32.1. The van der Waals surface area contributed by atoms with Crippen molar-refractivity contribution in [2.45, 2.75) is 20.4 Å². The van der Waals surface area contributed by atoms with Crippen molar-refractivity contribution in [2.24, 2.45) is 0 Å². The van der Waals surface area contributed by atoms with Crippen molar-refractivity contribution in [3.63, 3.8) is 0 Å². The van der Waals surface area contributed by atoms with E-state index in [0.29, 0.717) is 16.3 Å². The molecule has 0 aliphatic carbocycles. The minimum absolute atomic E-state index is 0.252. The minimum Gasteiger partial charge on any atom is -0.477 e. The standard InChI is InChI=1S/C16H13N3O2S/c1-3-19-8-11(7-17)12-6-10(4-5-13(12)19)15-18-9(2)14(22-15)16(20)21/h4-6,8H,3H2,1-2H3,(H,20,21). The molecule has 6 heteroatoms. The first-order chi connectivity index (χ1) is 10.5. The van der Waals surface area contributed by atoms with Gasteiger partial charge in [-0.1, -0.05) is 0 Å². The lowest BCUT2D eigenvalue weighted by Gasteiger charge is -2.01. The highest BCUT2D eigenvalue weighted by molar-refractivity contribution is 7.17. The summed E-state index contributed by atoms with van der Waals surface area (Å²) in [6.07, 6.45) is 1.84. The van der Waals surface area contributed by atoms with Gasteiger partial charge >= 0.3 is 5.97 Å². The second-order valence-corrected chi connectivity index (χ2v) is 5.91. The molecule has 0 spiro atoms. The van der Waals surface area contributed by atoms with Gasteiger partial charge in [0.05, 0.1) is 11.3 Å². The topological polar surface area (TPSA) is 78.9 Å². The van der Waals surface area contributed by atoms with Crippen LogP contribution in [0.15, 0.2) is 24.4 Å². The van der Waals surface area contributed by atoms with Crippen LogP contribution in [0.4, 0.5) is 0 Å². The Morgan fingerprint density at radius 3 is 2.86 bits per heavy atom. The minimum atomic E-state index is -0.961. The molecule has 3 rings (SSSR count). The molecule has 2 heterocycles. The van der Waals surface area contributed by atoms with Crippen molar-refractivity contribution in [3.8, 4) is 16.6 Å². The van der Waals surface area contributed by atoms with E-state index in [1.165, 1.54) is 0 Å². The van der Waals surface area contributed by atoms with Gasteiger partial charge in [-0.05, 0) is 32.0 Å². The molecule has 3 aromatic rings. The molecular formula is C16H13N3O2S. The van der Waals surface area contributed by atoms with Crippen LogP contribution in [-0.4, -0.2) is 20.6 Å². The summed E-state index contributed by atoms with van der Waals surface area (Å²) in [6.45, 7) is 4.51. The smallest absolute Gasteiger partial charge is 0.347 e.